The quantitative estimate of drug-likeness (QED) is 0.135. The normalized spacial score (nSPS) is 16.6. The van der Waals surface area contributed by atoms with Gasteiger partial charge in [-0.05, 0) is 160 Å². The van der Waals surface area contributed by atoms with E-state index in [1.807, 2.05) is 24.3 Å². The average Bonchev–Trinajstić information content (AvgIpc) is 0.846. The molecular formula is C80H76F2N2. The van der Waals surface area contributed by atoms with Crippen molar-refractivity contribution in [3.63, 3.8) is 0 Å². The molecule has 420 valence electrons. The molecule has 2 nitrogen and oxygen atoms in total. The molecule has 2 atom stereocenters. The molecule has 0 fully saturated rings. The van der Waals surface area contributed by atoms with Gasteiger partial charge in [0.25, 0.3) is 0 Å². The van der Waals surface area contributed by atoms with Gasteiger partial charge in [-0.2, -0.15) is 0 Å². The summed E-state index contributed by atoms with van der Waals surface area (Å²) in [4.78, 5) is 4.37. The highest BCUT2D eigenvalue weighted by Gasteiger charge is 2.41. The molecule has 0 amide bonds. The van der Waals surface area contributed by atoms with Crippen molar-refractivity contribution in [2.24, 2.45) is 5.92 Å². The second-order valence-corrected chi connectivity index (χ2v) is 27.3. The molecular weight excluding hydrogens is 1030 g/mol. The Hall–Kier alpha value is -8.60. The van der Waals surface area contributed by atoms with Crippen LogP contribution in [0.3, 0.4) is 0 Å². The van der Waals surface area contributed by atoms with Crippen molar-refractivity contribution in [2.75, 3.05) is 9.80 Å². The molecule has 0 aromatic heterocycles. The van der Waals surface area contributed by atoms with Crippen LogP contribution in [0.25, 0.3) is 44.5 Å². The molecule has 4 aliphatic rings. The van der Waals surface area contributed by atoms with E-state index in [0.29, 0.717) is 11.4 Å². The van der Waals surface area contributed by atoms with Crippen molar-refractivity contribution >= 4 is 22.7 Å². The van der Waals surface area contributed by atoms with Crippen molar-refractivity contribution in [3.05, 3.63) is 298 Å². The summed E-state index contributed by atoms with van der Waals surface area (Å²) in [5, 5.41) is 0. The zero-order chi connectivity index (χ0) is 59.0. The number of para-hydroxylation sites is 2. The van der Waals surface area contributed by atoms with E-state index >= 15 is 8.78 Å². The Morgan fingerprint density at radius 1 is 0.369 bits per heavy atom. The van der Waals surface area contributed by atoms with E-state index in [1.165, 1.54) is 22.3 Å². The number of halogens is 2. The zero-order valence-electron chi connectivity index (χ0n) is 50.7. The van der Waals surface area contributed by atoms with Crippen LogP contribution in [0, 0.1) is 17.6 Å². The van der Waals surface area contributed by atoms with Gasteiger partial charge in [-0.3, -0.25) is 0 Å². The first kappa shape index (κ1) is 55.9. The van der Waals surface area contributed by atoms with Crippen molar-refractivity contribution in [3.8, 4) is 44.5 Å². The highest BCUT2D eigenvalue weighted by molar-refractivity contribution is 5.92. The van der Waals surface area contributed by atoms with E-state index in [9.17, 15) is 0 Å². The molecule has 0 saturated heterocycles. The molecule has 8 aromatic carbocycles. The summed E-state index contributed by atoms with van der Waals surface area (Å²) >= 11 is 0. The predicted octanol–water partition coefficient (Wildman–Crippen LogP) is 21.9. The van der Waals surface area contributed by atoms with E-state index < -0.39 is 6.04 Å². The fraction of sp³-hybridized carbons (Fsp3) is 0.225. The lowest BCUT2D eigenvalue weighted by atomic mass is 9.67. The van der Waals surface area contributed by atoms with Crippen LogP contribution in [0.15, 0.2) is 264 Å². The molecule has 0 spiro atoms. The zero-order valence-corrected chi connectivity index (χ0v) is 50.7. The Bertz CT molecular complexity index is 4160. The molecule has 0 radical (unpaired) electrons. The highest BCUT2D eigenvalue weighted by atomic mass is 19.1. The molecule has 4 heteroatoms. The van der Waals surface area contributed by atoms with Gasteiger partial charge in [0.2, 0.25) is 0 Å². The smallest absolute Gasteiger partial charge is 0.147 e. The Kier molecular flexibility index (Phi) is 14.1. The van der Waals surface area contributed by atoms with Gasteiger partial charge in [-0.25, -0.2) is 8.78 Å². The van der Waals surface area contributed by atoms with Gasteiger partial charge in [-0.1, -0.05) is 259 Å². The van der Waals surface area contributed by atoms with Gasteiger partial charge in [0, 0.05) is 22.7 Å². The topological polar surface area (TPSA) is 6.48 Å². The first-order chi connectivity index (χ1) is 40.0. The number of rotatable bonds is 10. The van der Waals surface area contributed by atoms with Gasteiger partial charge in [0.1, 0.15) is 11.6 Å². The van der Waals surface area contributed by atoms with E-state index in [1.54, 1.807) is 24.3 Å². The second-order valence-electron chi connectivity index (χ2n) is 27.3. The Labute approximate surface area is 498 Å². The van der Waals surface area contributed by atoms with Crippen molar-refractivity contribution in [1.82, 2.24) is 0 Å². The summed E-state index contributed by atoms with van der Waals surface area (Å²) in [6.45, 7) is 27.0. The number of hydrogen-bond donors (Lipinski definition) is 0. The van der Waals surface area contributed by atoms with Gasteiger partial charge in [0.15, 0.2) is 0 Å². The fourth-order valence-corrected chi connectivity index (χ4v) is 12.6. The van der Waals surface area contributed by atoms with Crippen LogP contribution in [0.2, 0.25) is 0 Å². The van der Waals surface area contributed by atoms with Gasteiger partial charge in [0.05, 0.1) is 28.8 Å². The summed E-state index contributed by atoms with van der Waals surface area (Å²) in [5.41, 5.74) is 22.3. The van der Waals surface area contributed by atoms with Crippen LogP contribution in [0.1, 0.15) is 105 Å². The lowest BCUT2D eigenvalue weighted by Crippen LogP contribution is -2.38. The summed E-state index contributed by atoms with van der Waals surface area (Å²) < 4.78 is 34.2. The molecule has 0 N–H and O–H groups in total. The highest BCUT2D eigenvalue weighted by Crippen LogP contribution is 2.54. The number of allylic oxidation sites excluding steroid dienone is 10. The van der Waals surface area contributed by atoms with Crippen LogP contribution < -0.4 is 9.80 Å². The minimum Gasteiger partial charge on any atom is -0.327 e. The van der Waals surface area contributed by atoms with Crippen molar-refractivity contribution in [2.45, 2.75) is 111 Å². The molecule has 2 unspecified atom stereocenters. The van der Waals surface area contributed by atoms with E-state index in [2.05, 4.69) is 275 Å². The largest absolute Gasteiger partial charge is 0.327 e. The van der Waals surface area contributed by atoms with E-state index in [-0.39, 0.29) is 39.2 Å². The lowest BCUT2D eigenvalue weighted by Gasteiger charge is -2.44. The first-order valence-corrected chi connectivity index (χ1v) is 29.8. The third-order valence-corrected chi connectivity index (χ3v) is 17.4. The van der Waals surface area contributed by atoms with Crippen molar-refractivity contribution in [1.29, 1.82) is 0 Å². The second kappa shape index (κ2) is 21.2. The molecule has 0 saturated carbocycles. The van der Waals surface area contributed by atoms with Crippen LogP contribution in [-0.2, 0) is 21.7 Å². The summed E-state index contributed by atoms with van der Waals surface area (Å²) in [6.07, 6.45) is 17.8. The van der Waals surface area contributed by atoms with Gasteiger partial charge < -0.3 is 9.80 Å². The fourth-order valence-electron chi connectivity index (χ4n) is 12.6. The third kappa shape index (κ3) is 10.5. The number of benzene rings is 8. The van der Waals surface area contributed by atoms with Crippen molar-refractivity contribution < 1.29 is 8.78 Å². The maximum atomic E-state index is 17.1. The summed E-state index contributed by atoms with van der Waals surface area (Å²) in [7, 11) is 0. The maximum absolute atomic E-state index is 17.1. The summed E-state index contributed by atoms with van der Waals surface area (Å²) in [5.74, 6) is -0.834. The molecule has 8 aromatic rings. The molecule has 0 heterocycles. The summed E-state index contributed by atoms with van der Waals surface area (Å²) in [6, 6.07) is 62.7. The maximum Gasteiger partial charge on any atom is 0.147 e. The van der Waals surface area contributed by atoms with E-state index in [0.717, 1.165) is 89.4 Å². The molecule has 12 rings (SSSR count). The first-order valence-electron chi connectivity index (χ1n) is 29.8. The average molecular weight is 1100 g/mol. The standard InChI is InChI=1S/C80H76F2N2/c1-77(2,3)59-25-17-21-53(45-59)55-37-43-71(65(49-55)57-23-19-27-61(47-57)79(7,8)9)83(73-31-15-13-29-67(73)81)69-41-35-51-34-40-64-70(42-36-52-33-39-63(69)75(51)76(52)64)84(74-32-16-14-30-68(74)82)72-44-38-56(54-22-18-26-60(46-54)78(4,5)6)50-66(72)58-24-20-28-62(48-58)80(10,11)12/h13-50,69,76H,1-12H3. The Morgan fingerprint density at radius 3 is 1.33 bits per heavy atom. The molecule has 0 aliphatic heterocycles. The van der Waals surface area contributed by atoms with Crippen LogP contribution in [-0.4, -0.2) is 6.04 Å². The molecule has 84 heavy (non-hydrogen) atoms. The predicted molar refractivity (Wildman–Crippen MR) is 351 cm³/mol. The van der Waals surface area contributed by atoms with Crippen LogP contribution >= 0.6 is 0 Å². The van der Waals surface area contributed by atoms with E-state index in [4.69, 9.17) is 0 Å². The van der Waals surface area contributed by atoms with Crippen LogP contribution in [0.5, 0.6) is 0 Å². The Balaban J connectivity index is 1.03. The number of nitrogens with zero attached hydrogens (tertiary/aromatic N) is 2. The van der Waals surface area contributed by atoms with Crippen LogP contribution in [0.4, 0.5) is 31.5 Å². The lowest BCUT2D eigenvalue weighted by molar-refractivity contribution is 0.590. The molecule has 4 aliphatic carbocycles. The van der Waals surface area contributed by atoms with Gasteiger partial charge in [-0.15, -0.1) is 0 Å². The molecule has 0 bridgehead atoms. The Morgan fingerprint density at radius 2 is 0.821 bits per heavy atom. The number of anilines is 4. The minimum absolute atomic E-state index is 0.0364. The SMILES string of the molecule is CC(C)(C)c1cccc(-c2ccc(N(C3=C4C=CC5=C6C(=CC=C(C=C3)C46)C(N(c3ccccc3F)c3ccc(-c4cccc(C(C)(C)C)c4)cc3-c3cccc(C(C)(C)C)c3)C=C5)c3ccccc3F)c(-c3cccc(C(C)(C)C)c3)c2)c1. The number of hydrogen-bond acceptors (Lipinski definition) is 2. The third-order valence-electron chi connectivity index (χ3n) is 17.4. The van der Waals surface area contributed by atoms with Gasteiger partial charge >= 0.3 is 0 Å². The minimum atomic E-state index is -0.422. The monoisotopic (exact) mass is 1100 g/mol.